The largest absolute Gasteiger partial charge is 0.340 e. The number of rotatable bonds is 3. The number of piperazine rings is 1. The molecule has 4 nitrogen and oxygen atoms in total. The Balaban J connectivity index is 0.00000156. The smallest absolute Gasteiger partial charge is 0.225 e. The normalized spacial score (nSPS) is 24.2. The number of nitrogens with two attached hydrogens (primary N) is 1. The maximum Gasteiger partial charge on any atom is 0.225 e. The Labute approximate surface area is 167 Å². The highest BCUT2D eigenvalue weighted by Gasteiger charge is 2.30. The van der Waals surface area contributed by atoms with Gasteiger partial charge in [0.15, 0.2) is 0 Å². The maximum atomic E-state index is 12.6. The van der Waals surface area contributed by atoms with Crippen LogP contribution in [0.4, 0.5) is 0 Å². The fourth-order valence-corrected chi connectivity index (χ4v) is 3.94. The summed E-state index contributed by atoms with van der Waals surface area (Å²) in [4.78, 5) is 17.1. The number of benzene rings is 1. The summed E-state index contributed by atoms with van der Waals surface area (Å²) < 4.78 is 0. The minimum Gasteiger partial charge on any atom is -0.340 e. The van der Waals surface area contributed by atoms with Gasteiger partial charge in [0.25, 0.3) is 0 Å². The summed E-state index contributed by atoms with van der Waals surface area (Å²) in [5.74, 6) is 0.473. The summed E-state index contributed by atoms with van der Waals surface area (Å²) in [5.41, 5.74) is 7.25. The lowest BCUT2D eigenvalue weighted by Crippen LogP contribution is -2.50. The molecule has 3 rings (SSSR count). The molecule has 7 heteroatoms. The van der Waals surface area contributed by atoms with Crippen LogP contribution in [0.1, 0.15) is 31.2 Å². The molecule has 0 aromatic heterocycles. The first-order valence-electron chi connectivity index (χ1n) is 8.63. The van der Waals surface area contributed by atoms with Crippen molar-refractivity contribution in [1.29, 1.82) is 0 Å². The molecule has 1 saturated heterocycles. The van der Waals surface area contributed by atoms with E-state index in [1.54, 1.807) is 0 Å². The van der Waals surface area contributed by atoms with Gasteiger partial charge in [-0.2, -0.15) is 0 Å². The number of hydrogen-bond acceptors (Lipinski definition) is 3. The van der Waals surface area contributed by atoms with Gasteiger partial charge in [0, 0.05) is 49.7 Å². The fourth-order valence-electron chi connectivity index (χ4n) is 3.73. The van der Waals surface area contributed by atoms with Crippen LogP contribution in [0, 0.1) is 5.92 Å². The lowest BCUT2D eigenvalue weighted by molar-refractivity contribution is -0.138. The maximum absolute atomic E-state index is 12.6. The van der Waals surface area contributed by atoms with E-state index >= 15 is 0 Å². The zero-order valence-electron chi connectivity index (χ0n) is 14.4. The number of halogens is 3. The SMILES string of the molecule is Cl.Cl.NC1CCCC(C(=O)N2CCN(Cc3cccc(Cl)c3)CC2)C1. The van der Waals surface area contributed by atoms with Gasteiger partial charge < -0.3 is 10.6 Å². The molecule has 0 bridgehead atoms. The van der Waals surface area contributed by atoms with Crippen LogP contribution in [0.2, 0.25) is 5.02 Å². The van der Waals surface area contributed by atoms with Gasteiger partial charge in [-0.3, -0.25) is 9.69 Å². The zero-order valence-corrected chi connectivity index (χ0v) is 16.8. The van der Waals surface area contributed by atoms with Gasteiger partial charge in [0.2, 0.25) is 5.91 Å². The van der Waals surface area contributed by atoms with Gasteiger partial charge in [-0.15, -0.1) is 24.8 Å². The number of amides is 1. The average molecular weight is 409 g/mol. The van der Waals surface area contributed by atoms with Crippen molar-refractivity contribution in [1.82, 2.24) is 9.80 Å². The highest BCUT2D eigenvalue weighted by atomic mass is 35.5. The molecule has 2 fully saturated rings. The predicted molar refractivity (Wildman–Crippen MR) is 108 cm³/mol. The van der Waals surface area contributed by atoms with E-state index in [0.29, 0.717) is 5.91 Å². The van der Waals surface area contributed by atoms with Crippen molar-refractivity contribution in [3.8, 4) is 0 Å². The Kier molecular flexibility index (Phi) is 9.54. The molecule has 1 aliphatic heterocycles. The van der Waals surface area contributed by atoms with Crippen LogP contribution in [0.15, 0.2) is 24.3 Å². The van der Waals surface area contributed by atoms with E-state index in [4.69, 9.17) is 17.3 Å². The van der Waals surface area contributed by atoms with Crippen molar-refractivity contribution in [2.45, 2.75) is 38.3 Å². The number of nitrogens with zero attached hydrogens (tertiary/aromatic N) is 2. The number of carbonyl (C=O) groups is 1. The van der Waals surface area contributed by atoms with Gasteiger partial charge in [-0.25, -0.2) is 0 Å². The van der Waals surface area contributed by atoms with Gasteiger partial charge in [0.1, 0.15) is 0 Å². The molecule has 25 heavy (non-hydrogen) atoms. The molecule has 2 atom stereocenters. The minimum atomic E-state index is 0. The summed E-state index contributed by atoms with van der Waals surface area (Å²) in [6, 6.07) is 8.22. The van der Waals surface area contributed by atoms with Crippen molar-refractivity contribution >= 4 is 42.3 Å². The Hall–Kier alpha value is -0.520. The van der Waals surface area contributed by atoms with Crippen molar-refractivity contribution in [2.75, 3.05) is 26.2 Å². The third-order valence-electron chi connectivity index (χ3n) is 5.04. The van der Waals surface area contributed by atoms with Crippen LogP contribution in [-0.4, -0.2) is 47.9 Å². The zero-order chi connectivity index (χ0) is 16.2. The predicted octanol–water partition coefficient (Wildman–Crippen LogP) is 3.35. The first-order chi connectivity index (χ1) is 11.1. The fraction of sp³-hybridized carbons (Fsp3) is 0.611. The van der Waals surface area contributed by atoms with Crippen LogP contribution >= 0.6 is 36.4 Å². The van der Waals surface area contributed by atoms with Gasteiger partial charge >= 0.3 is 0 Å². The Morgan fingerprint density at radius 1 is 1.16 bits per heavy atom. The van der Waals surface area contributed by atoms with Crippen LogP contribution in [0.25, 0.3) is 0 Å². The van der Waals surface area contributed by atoms with Gasteiger partial charge in [-0.05, 0) is 37.0 Å². The molecular formula is C18H28Cl3N3O. The second kappa shape index (κ2) is 10.6. The number of carbonyl (C=O) groups excluding carboxylic acids is 1. The summed E-state index contributed by atoms with van der Waals surface area (Å²) in [6.45, 7) is 4.40. The molecule has 1 aromatic carbocycles. The van der Waals surface area contributed by atoms with E-state index < -0.39 is 0 Å². The van der Waals surface area contributed by atoms with Crippen LogP contribution in [0.3, 0.4) is 0 Å². The molecule has 1 amide bonds. The molecule has 0 spiro atoms. The van der Waals surface area contributed by atoms with Crippen molar-refractivity contribution < 1.29 is 4.79 Å². The van der Waals surface area contributed by atoms with E-state index in [0.717, 1.165) is 63.4 Å². The Morgan fingerprint density at radius 2 is 1.88 bits per heavy atom. The van der Waals surface area contributed by atoms with E-state index in [1.807, 2.05) is 23.1 Å². The second-order valence-electron chi connectivity index (χ2n) is 6.85. The summed E-state index contributed by atoms with van der Waals surface area (Å²) in [7, 11) is 0. The van der Waals surface area contributed by atoms with E-state index in [1.165, 1.54) is 5.56 Å². The highest BCUT2D eigenvalue weighted by Crippen LogP contribution is 2.25. The van der Waals surface area contributed by atoms with Gasteiger partial charge in [-0.1, -0.05) is 30.2 Å². The Morgan fingerprint density at radius 3 is 2.52 bits per heavy atom. The highest BCUT2D eigenvalue weighted by molar-refractivity contribution is 6.30. The first kappa shape index (κ1) is 22.5. The summed E-state index contributed by atoms with van der Waals surface area (Å²) in [5, 5.41) is 0.782. The molecule has 0 radical (unpaired) electrons. The van der Waals surface area contributed by atoms with Crippen molar-refractivity contribution in [3.63, 3.8) is 0 Å². The molecule has 2 aliphatic rings. The molecule has 2 unspecified atom stereocenters. The quantitative estimate of drug-likeness (QED) is 0.834. The standard InChI is InChI=1S/C18H26ClN3O.2ClH/c19-16-5-1-3-14(11-16)13-21-7-9-22(10-8-21)18(23)15-4-2-6-17(20)12-15;;/h1,3,5,11,15,17H,2,4,6-10,12-13,20H2;2*1H. The van der Waals surface area contributed by atoms with Crippen LogP contribution in [-0.2, 0) is 11.3 Å². The first-order valence-corrected chi connectivity index (χ1v) is 9.01. The molecule has 1 saturated carbocycles. The van der Waals surface area contributed by atoms with Crippen molar-refractivity contribution in [3.05, 3.63) is 34.9 Å². The molecule has 1 aliphatic carbocycles. The molecular weight excluding hydrogens is 381 g/mol. The van der Waals surface area contributed by atoms with Crippen LogP contribution < -0.4 is 5.73 Å². The van der Waals surface area contributed by atoms with E-state index in [-0.39, 0.29) is 36.8 Å². The average Bonchev–Trinajstić information content (AvgIpc) is 2.55. The van der Waals surface area contributed by atoms with E-state index in [2.05, 4.69) is 11.0 Å². The second-order valence-corrected chi connectivity index (χ2v) is 7.29. The van der Waals surface area contributed by atoms with Crippen LogP contribution in [0.5, 0.6) is 0 Å². The minimum absolute atomic E-state index is 0. The lowest BCUT2D eigenvalue weighted by Gasteiger charge is -2.37. The Bertz CT molecular complexity index is 550. The topological polar surface area (TPSA) is 49.6 Å². The molecule has 1 aromatic rings. The monoisotopic (exact) mass is 407 g/mol. The third kappa shape index (κ3) is 6.30. The summed E-state index contributed by atoms with van der Waals surface area (Å²) in [6.07, 6.45) is 4.03. The summed E-state index contributed by atoms with van der Waals surface area (Å²) >= 11 is 6.04. The molecule has 2 N–H and O–H groups in total. The molecule has 1 heterocycles. The molecule has 142 valence electrons. The third-order valence-corrected chi connectivity index (χ3v) is 5.28. The lowest BCUT2D eigenvalue weighted by atomic mass is 9.85. The van der Waals surface area contributed by atoms with Crippen molar-refractivity contribution in [2.24, 2.45) is 11.7 Å². The van der Waals surface area contributed by atoms with Gasteiger partial charge in [0.05, 0.1) is 0 Å². The number of hydrogen-bond donors (Lipinski definition) is 1. The van der Waals surface area contributed by atoms with E-state index in [9.17, 15) is 4.79 Å².